The molecule has 0 N–H and O–H groups in total. The predicted octanol–water partition coefficient (Wildman–Crippen LogP) is 2.76. The maximum atomic E-state index is 11.1. The normalized spacial score (nSPS) is 10.3. The number of benzene rings is 1. The molecule has 0 unspecified atom stereocenters. The van der Waals surface area contributed by atoms with Crippen molar-refractivity contribution >= 4 is 21.9 Å². The highest BCUT2D eigenvalue weighted by atomic mass is 79.9. The maximum Gasteiger partial charge on any atom is 0.310 e. The molecule has 0 bridgehead atoms. The average Bonchev–Trinajstić information content (AvgIpc) is 2.40. The summed E-state index contributed by atoms with van der Waals surface area (Å²) in [6, 6.07) is 5.06. The Morgan fingerprint density at radius 2 is 2.11 bits per heavy atom. The van der Waals surface area contributed by atoms with Crippen molar-refractivity contribution in [2.45, 2.75) is 13.3 Å². The van der Waals surface area contributed by atoms with Crippen molar-refractivity contribution in [3.8, 4) is 11.5 Å². The van der Waals surface area contributed by atoms with Crippen molar-refractivity contribution in [2.75, 3.05) is 27.1 Å². The van der Waals surface area contributed by atoms with Crippen LogP contribution in [0.5, 0.6) is 11.5 Å². The third-order valence-corrected chi connectivity index (χ3v) is 2.77. The van der Waals surface area contributed by atoms with Crippen molar-refractivity contribution in [3.05, 3.63) is 22.7 Å². The Morgan fingerprint density at radius 3 is 2.74 bits per heavy atom. The van der Waals surface area contributed by atoms with Gasteiger partial charge in [0, 0.05) is 13.5 Å². The Kier molecular flexibility index (Phi) is 7.47. The van der Waals surface area contributed by atoms with E-state index in [2.05, 4.69) is 15.9 Å². The van der Waals surface area contributed by atoms with Crippen LogP contribution in [0.4, 0.5) is 0 Å². The van der Waals surface area contributed by atoms with E-state index in [1.165, 1.54) is 0 Å². The summed E-state index contributed by atoms with van der Waals surface area (Å²) in [6.45, 7) is 2.87. The van der Waals surface area contributed by atoms with E-state index in [1.807, 2.05) is 0 Å². The molecule has 1 aromatic carbocycles. The summed E-state index contributed by atoms with van der Waals surface area (Å²) in [4.78, 5) is 11.1. The van der Waals surface area contributed by atoms with E-state index in [4.69, 9.17) is 18.9 Å². The molecule has 0 amide bonds. The topological polar surface area (TPSA) is 54.0 Å². The summed E-state index contributed by atoms with van der Waals surface area (Å²) in [5.41, 5.74) is 0. The minimum Gasteiger partial charge on any atom is -0.466 e. The SMILES string of the molecule is CCC(=O)Oc1ccc(OCOCCOC)c(Br)c1. The number of esters is 1. The van der Waals surface area contributed by atoms with Crippen molar-refractivity contribution in [1.82, 2.24) is 0 Å². The largest absolute Gasteiger partial charge is 0.466 e. The first kappa shape index (κ1) is 15.9. The van der Waals surface area contributed by atoms with Gasteiger partial charge in [-0.25, -0.2) is 0 Å². The van der Waals surface area contributed by atoms with E-state index < -0.39 is 0 Å². The Hall–Kier alpha value is -1.11. The van der Waals surface area contributed by atoms with Crippen molar-refractivity contribution in [3.63, 3.8) is 0 Å². The summed E-state index contributed by atoms with van der Waals surface area (Å²) in [5, 5.41) is 0. The van der Waals surface area contributed by atoms with Crippen LogP contribution < -0.4 is 9.47 Å². The van der Waals surface area contributed by atoms with Crippen LogP contribution in [0.3, 0.4) is 0 Å². The molecule has 0 saturated heterocycles. The molecule has 0 atom stereocenters. The van der Waals surface area contributed by atoms with Gasteiger partial charge in [-0.2, -0.15) is 0 Å². The van der Waals surface area contributed by atoms with E-state index in [9.17, 15) is 4.79 Å². The molecule has 0 radical (unpaired) electrons. The number of carbonyl (C=O) groups is 1. The minimum atomic E-state index is -0.275. The molecule has 0 spiro atoms. The van der Waals surface area contributed by atoms with Gasteiger partial charge in [0.2, 0.25) is 0 Å². The number of halogens is 1. The zero-order chi connectivity index (χ0) is 14.1. The molecule has 0 aliphatic carbocycles. The number of carbonyl (C=O) groups excluding carboxylic acids is 1. The molecule has 0 saturated carbocycles. The van der Waals surface area contributed by atoms with Gasteiger partial charge in [-0.15, -0.1) is 0 Å². The van der Waals surface area contributed by atoms with Crippen LogP contribution in [0.1, 0.15) is 13.3 Å². The van der Waals surface area contributed by atoms with E-state index in [1.54, 1.807) is 32.2 Å². The second kappa shape index (κ2) is 8.90. The Balaban J connectivity index is 2.45. The first-order valence-corrected chi connectivity index (χ1v) is 6.66. The Morgan fingerprint density at radius 1 is 1.32 bits per heavy atom. The lowest BCUT2D eigenvalue weighted by Gasteiger charge is -2.10. The van der Waals surface area contributed by atoms with Gasteiger partial charge in [0.25, 0.3) is 0 Å². The van der Waals surface area contributed by atoms with Crippen molar-refractivity contribution in [1.29, 1.82) is 0 Å². The van der Waals surface area contributed by atoms with Gasteiger partial charge in [0.1, 0.15) is 11.5 Å². The molecule has 5 nitrogen and oxygen atoms in total. The number of hydrogen-bond donors (Lipinski definition) is 0. The molecule has 1 aromatic rings. The summed E-state index contributed by atoms with van der Waals surface area (Å²) in [6.07, 6.45) is 0.337. The van der Waals surface area contributed by atoms with Crippen LogP contribution in [0.2, 0.25) is 0 Å². The molecule has 0 heterocycles. The minimum absolute atomic E-state index is 0.135. The van der Waals surface area contributed by atoms with Crippen molar-refractivity contribution < 1.29 is 23.7 Å². The zero-order valence-electron chi connectivity index (χ0n) is 11.0. The maximum absolute atomic E-state index is 11.1. The van der Waals surface area contributed by atoms with E-state index >= 15 is 0 Å². The molecular weight excluding hydrogens is 316 g/mol. The van der Waals surface area contributed by atoms with E-state index in [0.29, 0.717) is 35.6 Å². The standard InChI is InChI=1S/C13H17BrO5/c1-3-13(15)19-10-4-5-12(11(14)8-10)18-9-17-7-6-16-2/h4-5,8H,3,6-7,9H2,1-2H3. The smallest absolute Gasteiger partial charge is 0.310 e. The highest BCUT2D eigenvalue weighted by Crippen LogP contribution is 2.29. The lowest BCUT2D eigenvalue weighted by molar-refractivity contribution is -0.134. The fourth-order valence-corrected chi connectivity index (χ4v) is 1.64. The molecule has 1 rings (SSSR count). The highest BCUT2D eigenvalue weighted by molar-refractivity contribution is 9.10. The summed E-state index contributed by atoms with van der Waals surface area (Å²) >= 11 is 3.35. The van der Waals surface area contributed by atoms with Crippen LogP contribution in [0, 0.1) is 0 Å². The fraction of sp³-hybridized carbons (Fsp3) is 0.462. The molecular formula is C13H17BrO5. The van der Waals surface area contributed by atoms with Crippen LogP contribution in [0.25, 0.3) is 0 Å². The molecule has 0 aromatic heterocycles. The van der Waals surface area contributed by atoms with Gasteiger partial charge in [-0.05, 0) is 34.1 Å². The second-order valence-electron chi connectivity index (χ2n) is 3.58. The van der Waals surface area contributed by atoms with Gasteiger partial charge >= 0.3 is 5.97 Å². The van der Waals surface area contributed by atoms with Crippen molar-refractivity contribution in [2.24, 2.45) is 0 Å². The lowest BCUT2D eigenvalue weighted by atomic mass is 10.3. The summed E-state index contributed by atoms with van der Waals surface area (Å²) in [7, 11) is 1.61. The molecule has 19 heavy (non-hydrogen) atoms. The number of hydrogen-bond acceptors (Lipinski definition) is 5. The summed E-state index contributed by atoms with van der Waals surface area (Å²) < 4.78 is 21.2. The second-order valence-corrected chi connectivity index (χ2v) is 4.44. The first-order chi connectivity index (χ1) is 9.17. The summed E-state index contributed by atoms with van der Waals surface area (Å²) in [5.74, 6) is 0.823. The number of methoxy groups -OCH3 is 1. The van der Waals surface area contributed by atoms with Gasteiger partial charge in [0.05, 0.1) is 17.7 Å². The van der Waals surface area contributed by atoms with Gasteiger partial charge in [-0.3, -0.25) is 4.79 Å². The molecule has 6 heteroatoms. The lowest BCUT2D eigenvalue weighted by Crippen LogP contribution is -2.08. The van der Waals surface area contributed by atoms with Crippen LogP contribution in [-0.4, -0.2) is 33.1 Å². The highest BCUT2D eigenvalue weighted by Gasteiger charge is 2.06. The molecule has 106 valence electrons. The van der Waals surface area contributed by atoms with Crippen LogP contribution in [0.15, 0.2) is 22.7 Å². The Labute approximate surface area is 120 Å². The van der Waals surface area contributed by atoms with Gasteiger partial charge < -0.3 is 18.9 Å². The molecule has 0 aliphatic heterocycles. The Bertz CT molecular complexity index is 408. The first-order valence-electron chi connectivity index (χ1n) is 5.87. The van der Waals surface area contributed by atoms with Gasteiger partial charge in [-0.1, -0.05) is 6.92 Å². The number of ether oxygens (including phenoxy) is 4. The monoisotopic (exact) mass is 332 g/mol. The fourth-order valence-electron chi connectivity index (χ4n) is 1.17. The van der Waals surface area contributed by atoms with Gasteiger partial charge in [0.15, 0.2) is 6.79 Å². The zero-order valence-corrected chi connectivity index (χ0v) is 12.6. The predicted molar refractivity (Wildman–Crippen MR) is 73.4 cm³/mol. The van der Waals surface area contributed by atoms with Crippen LogP contribution in [-0.2, 0) is 14.3 Å². The molecule has 0 fully saturated rings. The third-order valence-electron chi connectivity index (χ3n) is 2.15. The molecule has 0 aliphatic rings. The number of rotatable bonds is 8. The average molecular weight is 333 g/mol. The van der Waals surface area contributed by atoms with E-state index in [-0.39, 0.29) is 12.8 Å². The third kappa shape index (κ3) is 6.04. The van der Waals surface area contributed by atoms with Crippen LogP contribution >= 0.6 is 15.9 Å². The van der Waals surface area contributed by atoms with E-state index in [0.717, 1.165) is 0 Å². The quantitative estimate of drug-likeness (QED) is 0.317.